The van der Waals surface area contributed by atoms with E-state index in [1.807, 2.05) is 53.6 Å². The van der Waals surface area contributed by atoms with Gasteiger partial charge >= 0.3 is 0 Å². The predicted molar refractivity (Wildman–Crippen MR) is 120 cm³/mol. The van der Waals surface area contributed by atoms with Crippen LogP contribution in [0.25, 0.3) is 5.69 Å². The van der Waals surface area contributed by atoms with E-state index in [1.165, 1.54) is 11.8 Å². The molecular weight excluding hydrogens is 412 g/mol. The average Bonchev–Trinajstić information content (AvgIpc) is 3.16. The van der Waals surface area contributed by atoms with Gasteiger partial charge in [0.2, 0.25) is 5.91 Å². The SMILES string of the molecule is CCN(Cc1ccc2c(c1)OCCO2)C(=O)CSc1nnc(C)n1-c1cccc(C)c1. The van der Waals surface area contributed by atoms with Gasteiger partial charge in [0.05, 0.1) is 5.75 Å². The lowest BCUT2D eigenvalue weighted by molar-refractivity contribution is -0.128. The van der Waals surface area contributed by atoms with Gasteiger partial charge in [-0.25, -0.2) is 0 Å². The van der Waals surface area contributed by atoms with Crippen molar-refractivity contribution in [2.24, 2.45) is 0 Å². The van der Waals surface area contributed by atoms with Gasteiger partial charge in [0.15, 0.2) is 16.7 Å². The first-order valence-electron chi connectivity index (χ1n) is 10.3. The highest BCUT2D eigenvalue weighted by molar-refractivity contribution is 7.99. The molecule has 3 aromatic rings. The summed E-state index contributed by atoms with van der Waals surface area (Å²) in [6, 6.07) is 14.0. The largest absolute Gasteiger partial charge is 0.486 e. The molecule has 2 heterocycles. The molecule has 0 aliphatic carbocycles. The number of hydrogen-bond donors (Lipinski definition) is 0. The fourth-order valence-corrected chi connectivity index (χ4v) is 4.40. The Morgan fingerprint density at radius 1 is 1.10 bits per heavy atom. The Bertz CT molecular complexity index is 1080. The lowest BCUT2D eigenvalue weighted by atomic mass is 10.2. The Labute approximate surface area is 186 Å². The Morgan fingerprint density at radius 2 is 1.90 bits per heavy atom. The predicted octanol–water partition coefficient (Wildman–Crippen LogP) is 3.80. The summed E-state index contributed by atoms with van der Waals surface area (Å²) in [5.41, 5.74) is 3.18. The molecule has 8 heteroatoms. The van der Waals surface area contributed by atoms with Gasteiger partial charge in [-0.1, -0.05) is 30.0 Å². The van der Waals surface area contributed by atoms with Crippen molar-refractivity contribution in [1.29, 1.82) is 0 Å². The van der Waals surface area contributed by atoms with Crippen LogP contribution >= 0.6 is 11.8 Å². The highest BCUT2D eigenvalue weighted by atomic mass is 32.2. The van der Waals surface area contributed by atoms with Crippen LogP contribution < -0.4 is 9.47 Å². The second kappa shape index (κ2) is 9.43. The van der Waals surface area contributed by atoms with Gasteiger partial charge in [-0.05, 0) is 56.2 Å². The Hall–Kier alpha value is -3.00. The lowest BCUT2D eigenvalue weighted by Crippen LogP contribution is -2.31. The topological polar surface area (TPSA) is 69.5 Å². The Balaban J connectivity index is 1.43. The number of benzene rings is 2. The number of hydrogen-bond acceptors (Lipinski definition) is 6. The maximum absolute atomic E-state index is 12.9. The molecule has 4 rings (SSSR count). The highest BCUT2D eigenvalue weighted by Crippen LogP contribution is 2.31. The van der Waals surface area contributed by atoms with E-state index in [9.17, 15) is 4.79 Å². The minimum Gasteiger partial charge on any atom is -0.486 e. The molecule has 2 aromatic carbocycles. The van der Waals surface area contributed by atoms with Crippen molar-refractivity contribution in [3.05, 3.63) is 59.4 Å². The maximum Gasteiger partial charge on any atom is 0.233 e. The number of thioether (sulfide) groups is 1. The summed E-state index contributed by atoms with van der Waals surface area (Å²) in [6.07, 6.45) is 0. The Kier molecular flexibility index (Phi) is 6.46. The molecule has 0 unspecified atom stereocenters. The highest BCUT2D eigenvalue weighted by Gasteiger charge is 2.18. The molecule has 162 valence electrons. The van der Waals surface area contributed by atoms with Crippen LogP contribution in [0, 0.1) is 13.8 Å². The number of nitrogens with zero attached hydrogens (tertiary/aromatic N) is 4. The zero-order valence-corrected chi connectivity index (χ0v) is 18.8. The maximum atomic E-state index is 12.9. The molecule has 0 atom stereocenters. The number of amides is 1. The van der Waals surface area contributed by atoms with Gasteiger partial charge in [-0.3, -0.25) is 9.36 Å². The molecule has 1 amide bonds. The number of rotatable bonds is 7. The number of carbonyl (C=O) groups is 1. The molecular formula is C23H26N4O3S. The van der Waals surface area contributed by atoms with Crippen LogP contribution in [0.5, 0.6) is 11.5 Å². The van der Waals surface area contributed by atoms with Crippen molar-refractivity contribution in [1.82, 2.24) is 19.7 Å². The monoisotopic (exact) mass is 438 g/mol. The molecule has 1 aliphatic rings. The first kappa shape index (κ1) is 21.2. The van der Waals surface area contributed by atoms with Crippen LogP contribution in [-0.2, 0) is 11.3 Å². The lowest BCUT2D eigenvalue weighted by Gasteiger charge is -2.23. The van der Waals surface area contributed by atoms with Crippen LogP contribution in [-0.4, -0.2) is 51.1 Å². The molecule has 1 aliphatic heterocycles. The van der Waals surface area contributed by atoms with E-state index >= 15 is 0 Å². The van der Waals surface area contributed by atoms with Gasteiger partial charge in [-0.15, -0.1) is 10.2 Å². The van der Waals surface area contributed by atoms with Gasteiger partial charge in [-0.2, -0.15) is 0 Å². The van der Waals surface area contributed by atoms with Gasteiger partial charge in [0.25, 0.3) is 0 Å². The van der Waals surface area contributed by atoms with Gasteiger partial charge in [0.1, 0.15) is 19.0 Å². The van der Waals surface area contributed by atoms with E-state index in [4.69, 9.17) is 9.47 Å². The normalized spacial score (nSPS) is 12.6. The van der Waals surface area contributed by atoms with E-state index in [0.29, 0.717) is 37.2 Å². The number of aromatic nitrogens is 3. The third-order valence-corrected chi connectivity index (χ3v) is 6.01. The minimum absolute atomic E-state index is 0.0545. The van der Waals surface area contributed by atoms with E-state index in [-0.39, 0.29) is 5.91 Å². The third-order valence-electron chi connectivity index (χ3n) is 5.09. The third kappa shape index (κ3) is 4.85. The van der Waals surface area contributed by atoms with Crippen LogP contribution in [0.4, 0.5) is 0 Å². The van der Waals surface area contributed by atoms with Gasteiger partial charge in [0, 0.05) is 18.8 Å². The quantitative estimate of drug-likeness (QED) is 0.523. The molecule has 0 radical (unpaired) electrons. The molecule has 31 heavy (non-hydrogen) atoms. The first-order chi connectivity index (χ1) is 15.0. The number of aryl methyl sites for hydroxylation is 2. The molecule has 7 nitrogen and oxygen atoms in total. The fraction of sp³-hybridized carbons (Fsp3) is 0.348. The van der Waals surface area contributed by atoms with Crippen molar-refractivity contribution in [3.8, 4) is 17.2 Å². The summed E-state index contributed by atoms with van der Waals surface area (Å²) in [5.74, 6) is 2.64. The average molecular weight is 439 g/mol. The zero-order valence-electron chi connectivity index (χ0n) is 18.0. The number of ether oxygens (including phenoxy) is 2. The molecule has 0 bridgehead atoms. The number of carbonyl (C=O) groups excluding carboxylic acids is 1. The Morgan fingerprint density at radius 3 is 2.68 bits per heavy atom. The standard InChI is InChI=1S/C23H26N4O3S/c1-4-26(14-18-8-9-20-21(13-18)30-11-10-29-20)22(28)15-31-23-25-24-17(3)27(23)19-7-5-6-16(2)12-19/h5-9,12-13H,4,10-11,14-15H2,1-3H3. The van der Waals surface area contributed by atoms with Crippen molar-refractivity contribution < 1.29 is 14.3 Å². The molecule has 0 N–H and O–H groups in total. The van der Waals surface area contributed by atoms with Gasteiger partial charge < -0.3 is 14.4 Å². The van der Waals surface area contributed by atoms with E-state index in [0.717, 1.165) is 34.1 Å². The van der Waals surface area contributed by atoms with Crippen LogP contribution in [0.3, 0.4) is 0 Å². The molecule has 0 spiro atoms. The van der Waals surface area contributed by atoms with Crippen LogP contribution in [0.2, 0.25) is 0 Å². The first-order valence-corrected chi connectivity index (χ1v) is 11.3. The van der Waals surface area contributed by atoms with Crippen LogP contribution in [0.15, 0.2) is 47.6 Å². The minimum atomic E-state index is 0.0545. The summed E-state index contributed by atoms with van der Waals surface area (Å²) in [6.45, 7) is 8.21. The molecule has 0 saturated heterocycles. The second-order valence-electron chi connectivity index (χ2n) is 7.38. The van der Waals surface area contributed by atoms with Crippen LogP contribution in [0.1, 0.15) is 23.9 Å². The summed E-state index contributed by atoms with van der Waals surface area (Å²) in [5, 5.41) is 9.22. The van der Waals surface area contributed by atoms with E-state index < -0.39 is 0 Å². The molecule has 1 aromatic heterocycles. The fourth-order valence-electron chi connectivity index (χ4n) is 3.50. The molecule has 0 saturated carbocycles. The second-order valence-corrected chi connectivity index (χ2v) is 8.32. The van der Waals surface area contributed by atoms with E-state index in [2.05, 4.69) is 29.3 Å². The summed E-state index contributed by atoms with van der Waals surface area (Å²) < 4.78 is 13.2. The summed E-state index contributed by atoms with van der Waals surface area (Å²) >= 11 is 1.41. The number of fused-ring (bicyclic) bond motifs is 1. The van der Waals surface area contributed by atoms with Crippen molar-refractivity contribution >= 4 is 17.7 Å². The van der Waals surface area contributed by atoms with Crippen molar-refractivity contribution in [2.45, 2.75) is 32.5 Å². The summed E-state index contributed by atoms with van der Waals surface area (Å²) in [7, 11) is 0. The smallest absolute Gasteiger partial charge is 0.233 e. The molecule has 0 fully saturated rings. The van der Waals surface area contributed by atoms with Crippen molar-refractivity contribution in [2.75, 3.05) is 25.5 Å². The zero-order chi connectivity index (χ0) is 21.8. The van der Waals surface area contributed by atoms with Crippen molar-refractivity contribution in [3.63, 3.8) is 0 Å². The summed E-state index contributed by atoms with van der Waals surface area (Å²) in [4.78, 5) is 14.8. The van der Waals surface area contributed by atoms with E-state index in [1.54, 1.807) is 0 Å².